The molecule has 0 bridgehead atoms. The molecule has 0 radical (unpaired) electrons. The highest BCUT2D eigenvalue weighted by molar-refractivity contribution is 7.89. The van der Waals surface area contributed by atoms with Crippen molar-refractivity contribution in [1.29, 1.82) is 0 Å². The molecule has 1 N–H and O–H groups in total. The van der Waals surface area contributed by atoms with Gasteiger partial charge in [-0.25, -0.2) is 13.1 Å². The van der Waals surface area contributed by atoms with Crippen LogP contribution in [0, 0.1) is 5.92 Å². The summed E-state index contributed by atoms with van der Waals surface area (Å²) in [6.45, 7) is 5.61. The number of alkyl halides is 3. The lowest BCUT2D eigenvalue weighted by molar-refractivity contribution is -0.159. The Morgan fingerprint density at radius 1 is 1.00 bits per heavy atom. The van der Waals surface area contributed by atoms with E-state index in [1.54, 1.807) is 25.1 Å². The number of fused-ring (bicyclic) bond motifs is 3. The number of sulfonamides is 1. The molecule has 1 atom stereocenters. The predicted molar refractivity (Wildman–Crippen MR) is 107 cm³/mol. The van der Waals surface area contributed by atoms with Crippen molar-refractivity contribution in [2.45, 2.75) is 37.9 Å². The molecule has 2 heterocycles. The third kappa shape index (κ3) is 4.02. The molecule has 0 saturated heterocycles. The highest BCUT2D eigenvalue weighted by Crippen LogP contribution is 2.34. The summed E-state index contributed by atoms with van der Waals surface area (Å²) in [4.78, 5) is 3.45. The Morgan fingerprint density at radius 3 is 2.39 bits per heavy atom. The van der Waals surface area contributed by atoms with Crippen molar-refractivity contribution in [3.05, 3.63) is 42.3 Å². The summed E-state index contributed by atoms with van der Waals surface area (Å²) >= 11 is 0. The van der Waals surface area contributed by atoms with E-state index in [0.29, 0.717) is 27.5 Å². The molecule has 11 heteroatoms. The standard InChI is InChI=1S/C20H18F3N3O4S/c1-10(2)11(3)26-31(27,28)13-5-6-14-15-8-12(4-7-16(15)29-17(14)9-13)18-24-19(30-25-18)20(21,22)23/h4-11,26H,1-3H3/t11-/m1/s1. The number of hydrogen-bond acceptors (Lipinski definition) is 6. The molecule has 31 heavy (non-hydrogen) atoms. The smallest absolute Gasteiger partial charge is 0.456 e. The number of halogens is 3. The summed E-state index contributed by atoms with van der Waals surface area (Å²) in [5, 5.41) is 4.57. The van der Waals surface area contributed by atoms with Gasteiger partial charge in [-0.2, -0.15) is 18.2 Å². The molecule has 0 saturated carbocycles. The third-order valence-electron chi connectivity index (χ3n) is 5.02. The Hall–Kier alpha value is -2.92. The number of rotatable bonds is 5. The molecule has 0 aliphatic heterocycles. The zero-order valence-electron chi connectivity index (χ0n) is 16.7. The normalized spacial score (nSPS) is 14.0. The van der Waals surface area contributed by atoms with Gasteiger partial charge in [0.2, 0.25) is 15.8 Å². The first-order chi connectivity index (χ1) is 14.5. The molecule has 0 aliphatic rings. The van der Waals surface area contributed by atoms with E-state index in [0.717, 1.165) is 0 Å². The van der Waals surface area contributed by atoms with Gasteiger partial charge in [-0.05, 0) is 43.2 Å². The minimum absolute atomic E-state index is 0.0553. The number of benzene rings is 2. The second-order valence-corrected chi connectivity index (χ2v) is 9.26. The lowest BCUT2D eigenvalue weighted by atomic mass is 10.1. The minimum Gasteiger partial charge on any atom is -0.456 e. The van der Waals surface area contributed by atoms with Crippen molar-refractivity contribution in [1.82, 2.24) is 14.9 Å². The number of nitrogens with zero attached hydrogens (tertiary/aromatic N) is 2. The second-order valence-electron chi connectivity index (χ2n) is 7.55. The fourth-order valence-electron chi connectivity index (χ4n) is 2.97. The summed E-state index contributed by atoms with van der Waals surface area (Å²) in [5.41, 5.74) is 1.08. The maximum absolute atomic E-state index is 12.7. The van der Waals surface area contributed by atoms with Gasteiger partial charge in [0, 0.05) is 28.4 Å². The molecule has 2 aromatic carbocycles. The highest BCUT2D eigenvalue weighted by atomic mass is 32.2. The maximum atomic E-state index is 12.7. The molecular weight excluding hydrogens is 435 g/mol. The average molecular weight is 453 g/mol. The minimum atomic E-state index is -4.74. The second kappa shape index (κ2) is 7.34. The lowest BCUT2D eigenvalue weighted by Gasteiger charge is -2.17. The monoisotopic (exact) mass is 453 g/mol. The Morgan fingerprint density at radius 2 is 1.74 bits per heavy atom. The van der Waals surface area contributed by atoms with Gasteiger partial charge in [0.25, 0.3) is 0 Å². The van der Waals surface area contributed by atoms with E-state index in [1.165, 1.54) is 18.2 Å². The van der Waals surface area contributed by atoms with Crippen molar-refractivity contribution in [3.63, 3.8) is 0 Å². The van der Waals surface area contributed by atoms with Crippen LogP contribution in [0.1, 0.15) is 26.7 Å². The van der Waals surface area contributed by atoms with Gasteiger partial charge in [0.15, 0.2) is 0 Å². The van der Waals surface area contributed by atoms with Crippen LogP contribution in [0.5, 0.6) is 0 Å². The summed E-state index contributed by atoms with van der Waals surface area (Å²) in [6.07, 6.45) is -4.74. The summed E-state index contributed by atoms with van der Waals surface area (Å²) in [5.74, 6) is -1.53. The third-order valence-corrected chi connectivity index (χ3v) is 6.58. The summed E-state index contributed by atoms with van der Waals surface area (Å²) in [6, 6.07) is 8.84. The van der Waals surface area contributed by atoms with Gasteiger partial charge in [-0.3, -0.25) is 0 Å². The van der Waals surface area contributed by atoms with Gasteiger partial charge in [-0.15, -0.1) is 0 Å². The van der Waals surface area contributed by atoms with E-state index in [1.807, 2.05) is 13.8 Å². The fraction of sp³-hybridized carbons (Fsp3) is 0.300. The molecule has 0 amide bonds. The number of hydrogen-bond donors (Lipinski definition) is 1. The molecule has 0 spiro atoms. The van der Waals surface area contributed by atoms with Crippen LogP contribution in [0.4, 0.5) is 13.2 Å². The van der Waals surface area contributed by atoms with Crippen LogP contribution in [0.25, 0.3) is 33.3 Å². The van der Waals surface area contributed by atoms with Gasteiger partial charge in [0.05, 0.1) is 4.90 Å². The van der Waals surface area contributed by atoms with Crippen LogP contribution < -0.4 is 4.72 Å². The molecular formula is C20H18F3N3O4S. The Kier molecular flexibility index (Phi) is 5.05. The van der Waals surface area contributed by atoms with Crippen molar-refractivity contribution in [2.75, 3.05) is 0 Å². The first kappa shape index (κ1) is 21.3. The first-order valence-electron chi connectivity index (χ1n) is 9.35. The van der Waals surface area contributed by atoms with E-state index in [9.17, 15) is 21.6 Å². The Bertz CT molecular complexity index is 1370. The van der Waals surface area contributed by atoms with Crippen LogP contribution in [0.3, 0.4) is 0 Å². The van der Waals surface area contributed by atoms with Crippen LogP contribution in [0.15, 0.2) is 50.2 Å². The molecule has 7 nitrogen and oxygen atoms in total. The lowest BCUT2D eigenvalue weighted by Crippen LogP contribution is -2.36. The van der Waals surface area contributed by atoms with Crippen LogP contribution >= 0.6 is 0 Å². The Labute approximate surface area is 175 Å². The van der Waals surface area contributed by atoms with E-state index in [-0.39, 0.29) is 22.7 Å². The van der Waals surface area contributed by atoms with Crippen molar-refractivity contribution < 1.29 is 30.5 Å². The topological polar surface area (TPSA) is 98.2 Å². The first-order valence-corrected chi connectivity index (χ1v) is 10.8. The van der Waals surface area contributed by atoms with E-state index >= 15 is 0 Å². The molecule has 0 unspecified atom stereocenters. The van der Waals surface area contributed by atoms with Crippen molar-refractivity contribution in [3.8, 4) is 11.4 Å². The maximum Gasteiger partial charge on any atom is 0.471 e. The van der Waals surface area contributed by atoms with E-state index < -0.39 is 22.1 Å². The van der Waals surface area contributed by atoms with Crippen LogP contribution in [-0.4, -0.2) is 24.6 Å². The molecule has 4 aromatic rings. The van der Waals surface area contributed by atoms with Gasteiger partial charge < -0.3 is 8.94 Å². The summed E-state index contributed by atoms with van der Waals surface area (Å²) < 4.78 is 76.1. The van der Waals surface area contributed by atoms with Gasteiger partial charge >= 0.3 is 12.1 Å². The summed E-state index contributed by atoms with van der Waals surface area (Å²) in [7, 11) is -3.74. The molecule has 2 aromatic heterocycles. The van der Waals surface area contributed by atoms with Crippen LogP contribution in [0.2, 0.25) is 0 Å². The molecule has 164 valence electrons. The number of aromatic nitrogens is 2. The zero-order valence-corrected chi connectivity index (χ0v) is 17.5. The molecule has 4 rings (SSSR count). The van der Waals surface area contributed by atoms with E-state index in [2.05, 4.69) is 19.4 Å². The van der Waals surface area contributed by atoms with Gasteiger partial charge in [-0.1, -0.05) is 19.0 Å². The van der Waals surface area contributed by atoms with Gasteiger partial charge in [0.1, 0.15) is 11.2 Å². The Balaban J connectivity index is 1.74. The quantitative estimate of drug-likeness (QED) is 0.458. The fourth-order valence-corrected chi connectivity index (χ4v) is 4.38. The van der Waals surface area contributed by atoms with Crippen molar-refractivity contribution >= 4 is 32.0 Å². The average Bonchev–Trinajstić information content (AvgIpc) is 3.31. The largest absolute Gasteiger partial charge is 0.471 e. The number of furan rings is 1. The SMILES string of the molecule is CC(C)[C@@H](C)NS(=O)(=O)c1ccc2c(c1)oc1ccc(-c3noc(C(F)(F)F)n3)cc12. The van der Waals surface area contributed by atoms with Crippen LogP contribution in [-0.2, 0) is 16.2 Å². The van der Waals surface area contributed by atoms with E-state index in [4.69, 9.17) is 4.42 Å². The molecule has 0 aliphatic carbocycles. The predicted octanol–water partition coefficient (Wildman–Crippen LogP) is 4.98. The molecule has 0 fully saturated rings. The number of nitrogens with one attached hydrogen (secondary N) is 1. The zero-order chi connectivity index (χ0) is 22.6. The highest BCUT2D eigenvalue weighted by Gasteiger charge is 2.38. The van der Waals surface area contributed by atoms with Crippen molar-refractivity contribution in [2.24, 2.45) is 5.92 Å².